The predicted molar refractivity (Wildman–Crippen MR) is 54.3 cm³/mol. The maximum atomic E-state index is 11.5. The molecule has 0 aromatic rings. The maximum Gasteiger partial charge on any atom is 0.135 e. The molecule has 13 heavy (non-hydrogen) atoms. The van der Waals surface area contributed by atoms with E-state index in [1.807, 2.05) is 0 Å². The van der Waals surface area contributed by atoms with Crippen LogP contribution in [-0.4, -0.2) is 40.4 Å². The Morgan fingerprint density at radius 2 is 2.31 bits per heavy atom. The molecule has 4 nitrogen and oxygen atoms in total. The number of aliphatic hydroxyl groups is 1. The quantitative estimate of drug-likeness (QED) is 0.642. The Morgan fingerprint density at radius 1 is 1.69 bits per heavy atom. The highest BCUT2D eigenvalue weighted by molar-refractivity contribution is 7.99. The van der Waals surface area contributed by atoms with Gasteiger partial charge < -0.3 is 9.84 Å². The lowest BCUT2D eigenvalue weighted by molar-refractivity contribution is 0.226. The maximum absolute atomic E-state index is 11.5. The van der Waals surface area contributed by atoms with Crippen LogP contribution in [0.2, 0.25) is 0 Å². The topological polar surface area (TPSA) is 58.9 Å². The van der Waals surface area contributed by atoms with Crippen LogP contribution in [0.1, 0.15) is 6.92 Å². The Labute approximate surface area is 78.1 Å². The van der Waals surface area contributed by atoms with E-state index in [4.69, 9.17) is 4.74 Å². The standard InChI is InChI=1S/C8H13NO3S/c1-6(10)7-4-9-13(3,11)5-8(7)12-2/h4-6,10H,1-3H3. The average molecular weight is 203 g/mol. The molecule has 0 radical (unpaired) electrons. The number of ether oxygens (including phenoxy) is 1. The van der Waals surface area contributed by atoms with Gasteiger partial charge in [0.25, 0.3) is 0 Å². The summed E-state index contributed by atoms with van der Waals surface area (Å²) in [5, 5.41) is 10.7. The lowest BCUT2D eigenvalue weighted by Gasteiger charge is -2.14. The molecule has 0 saturated carbocycles. The monoisotopic (exact) mass is 203 g/mol. The Balaban J connectivity index is 3.23. The third-order valence-electron chi connectivity index (χ3n) is 1.68. The highest BCUT2D eigenvalue weighted by Crippen LogP contribution is 2.12. The van der Waals surface area contributed by atoms with Crippen molar-refractivity contribution in [3.05, 3.63) is 11.3 Å². The third-order valence-corrected chi connectivity index (χ3v) is 2.86. The van der Waals surface area contributed by atoms with Crippen LogP contribution in [-0.2, 0) is 14.4 Å². The van der Waals surface area contributed by atoms with E-state index >= 15 is 0 Å². The minimum atomic E-state index is -2.31. The highest BCUT2D eigenvalue weighted by Gasteiger charge is 2.15. The molecule has 1 heterocycles. The van der Waals surface area contributed by atoms with Crippen LogP contribution in [0.3, 0.4) is 0 Å². The first-order valence-corrected chi connectivity index (χ1v) is 5.80. The smallest absolute Gasteiger partial charge is 0.135 e. The van der Waals surface area contributed by atoms with E-state index in [0.29, 0.717) is 11.3 Å². The number of nitrogens with zero attached hydrogens (tertiary/aromatic N) is 1. The van der Waals surface area contributed by atoms with Crippen LogP contribution < -0.4 is 0 Å². The number of aliphatic hydroxyl groups excluding tert-OH is 1. The first-order chi connectivity index (χ1) is 5.96. The minimum absolute atomic E-state index is 0.442. The number of rotatable bonds is 2. The van der Waals surface area contributed by atoms with Gasteiger partial charge in [-0.25, -0.2) is 8.61 Å². The zero-order chi connectivity index (χ0) is 10.1. The molecular formula is C8H13NO3S. The number of hydrogen-bond acceptors (Lipinski definition) is 3. The Morgan fingerprint density at radius 3 is 2.77 bits per heavy atom. The first kappa shape index (κ1) is 10.3. The van der Waals surface area contributed by atoms with Gasteiger partial charge in [-0.1, -0.05) is 0 Å². The molecule has 0 amide bonds. The molecule has 1 N–H and O–H groups in total. The highest BCUT2D eigenvalue weighted by atomic mass is 32.2. The van der Waals surface area contributed by atoms with Crippen LogP contribution in [0.25, 0.3) is 0 Å². The molecule has 0 spiro atoms. The summed E-state index contributed by atoms with van der Waals surface area (Å²) in [5.74, 6) is 0.442. The van der Waals surface area contributed by atoms with E-state index in [0.717, 1.165) is 0 Å². The van der Waals surface area contributed by atoms with Gasteiger partial charge in [-0.15, -0.1) is 0 Å². The zero-order valence-electron chi connectivity index (χ0n) is 7.85. The van der Waals surface area contributed by atoms with Gasteiger partial charge in [0, 0.05) is 18.0 Å². The van der Waals surface area contributed by atoms with Gasteiger partial charge >= 0.3 is 0 Å². The second kappa shape index (κ2) is 3.51. The Hall–Kier alpha value is -0.810. The number of allylic oxidation sites excluding steroid dienone is 1. The lowest BCUT2D eigenvalue weighted by atomic mass is 10.1. The van der Waals surface area contributed by atoms with Gasteiger partial charge in [-0.3, -0.25) is 0 Å². The number of hydrogen-bond donors (Lipinski definition) is 1. The van der Waals surface area contributed by atoms with Crippen molar-refractivity contribution in [2.24, 2.45) is 4.40 Å². The zero-order valence-corrected chi connectivity index (χ0v) is 8.67. The van der Waals surface area contributed by atoms with E-state index in [9.17, 15) is 9.32 Å². The van der Waals surface area contributed by atoms with Crippen molar-refractivity contribution in [2.75, 3.05) is 13.4 Å². The van der Waals surface area contributed by atoms with Crippen LogP contribution in [0, 0.1) is 0 Å². The SMILES string of the molecule is COC1=C(C(C)O)C=NS(C)(=O)=C1. The van der Waals surface area contributed by atoms with E-state index in [1.165, 1.54) is 24.9 Å². The van der Waals surface area contributed by atoms with Gasteiger partial charge in [-0.05, 0) is 6.92 Å². The fourth-order valence-corrected chi connectivity index (χ4v) is 2.02. The second-order valence-electron chi connectivity index (χ2n) is 2.91. The summed E-state index contributed by atoms with van der Waals surface area (Å²) in [4.78, 5) is 0. The van der Waals surface area contributed by atoms with Crippen LogP contribution in [0.5, 0.6) is 0 Å². The normalized spacial score (nSPS) is 29.8. The third kappa shape index (κ3) is 2.32. The molecule has 5 heteroatoms. The molecule has 1 rings (SSSR count). The molecule has 0 saturated heterocycles. The van der Waals surface area contributed by atoms with E-state index in [-0.39, 0.29) is 0 Å². The van der Waals surface area contributed by atoms with E-state index < -0.39 is 15.8 Å². The fraction of sp³-hybridized carbons (Fsp3) is 0.500. The summed E-state index contributed by atoms with van der Waals surface area (Å²) in [5.41, 5.74) is 0.559. The van der Waals surface area contributed by atoms with Crippen molar-refractivity contribution in [1.29, 1.82) is 0 Å². The molecule has 74 valence electrons. The van der Waals surface area contributed by atoms with Gasteiger partial charge in [0.05, 0.1) is 28.3 Å². The van der Waals surface area contributed by atoms with Crippen molar-refractivity contribution < 1.29 is 14.1 Å². The molecule has 1 aliphatic heterocycles. The van der Waals surface area contributed by atoms with Crippen molar-refractivity contribution >= 4 is 21.3 Å². The summed E-state index contributed by atoms with van der Waals surface area (Å²) in [6.07, 6.45) is 2.26. The van der Waals surface area contributed by atoms with Crippen molar-refractivity contribution in [1.82, 2.24) is 0 Å². The van der Waals surface area contributed by atoms with Crippen LogP contribution in [0.4, 0.5) is 0 Å². The molecule has 1 aliphatic rings. The first-order valence-electron chi connectivity index (χ1n) is 3.82. The Kier molecular flexibility index (Phi) is 2.77. The minimum Gasteiger partial charge on any atom is -0.496 e. The van der Waals surface area contributed by atoms with E-state index in [2.05, 4.69) is 4.40 Å². The van der Waals surface area contributed by atoms with Crippen LogP contribution in [0.15, 0.2) is 15.7 Å². The summed E-state index contributed by atoms with van der Waals surface area (Å²) in [7, 11) is -0.835. The van der Waals surface area contributed by atoms with Crippen molar-refractivity contribution in [2.45, 2.75) is 13.0 Å². The summed E-state index contributed by atoms with van der Waals surface area (Å²) < 4.78 is 20.3. The lowest BCUT2D eigenvalue weighted by Crippen LogP contribution is -2.17. The average Bonchev–Trinajstić information content (AvgIpc) is 2.01. The summed E-state index contributed by atoms with van der Waals surface area (Å²) >= 11 is 0. The van der Waals surface area contributed by atoms with Gasteiger partial charge in [0.1, 0.15) is 5.76 Å². The van der Waals surface area contributed by atoms with Gasteiger partial charge in [-0.2, -0.15) is 0 Å². The van der Waals surface area contributed by atoms with Gasteiger partial charge in [0.2, 0.25) is 0 Å². The molecule has 2 unspecified atom stereocenters. The van der Waals surface area contributed by atoms with E-state index in [1.54, 1.807) is 6.92 Å². The molecule has 0 aromatic heterocycles. The molecule has 2 atom stereocenters. The predicted octanol–water partition coefficient (Wildman–Crippen LogP) is -0.0165. The second-order valence-corrected chi connectivity index (χ2v) is 5.08. The molecule has 0 bridgehead atoms. The van der Waals surface area contributed by atoms with Crippen molar-refractivity contribution in [3.63, 3.8) is 0 Å². The summed E-state index contributed by atoms with van der Waals surface area (Å²) in [6.45, 7) is 1.61. The largest absolute Gasteiger partial charge is 0.496 e. The molecule has 0 aromatic carbocycles. The van der Waals surface area contributed by atoms with Gasteiger partial charge in [0.15, 0.2) is 0 Å². The van der Waals surface area contributed by atoms with Crippen molar-refractivity contribution in [3.8, 4) is 0 Å². The fourth-order valence-electron chi connectivity index (χ4n) is 1.00. The number of methoxy groups -OCH3 is 1. The molecule has 0 aliphatic carbocycles. The van der Waals surface area contributed by atoms with Crippen LogP contribution >= 0.6 is 0 Å². The molecule has 0 fully saturated rings. The molecular weight excluding hydrogens is 190 g/mol. The Bertz CT molecular complexity index is 373. The summed E-state index contributed by atoms with van der Waals surface area (Å²) in [6, 6.07) is 0.